The normalized spacial score (nSPS) is 10.8. The zero-order chi connectivity index (χ0) is 22.4. The molecule has 0 aliphatic carbocycles. The first kappa shape index (κ1) is 21.6. The van der Waals surface area contributed by atoms with Crippen molar-refractivity contribution in [3.05, 3.63) is 75.2 Å². The van der Waals surface area contributed by atoms with Gasteiger partial charge in [0.05, 0.1) is 31.3 Å². The first-order chi connectivity index (χ1) is 15.0. The number of nitrogens with zero attached hydrogens (tertiary/aromatic N) is 3. The highest BCUT2D eigenvalue weighted by atomic mass is 16.6. The van der Waals surface area contributed by atoms with E-state index < -0.39 is 4.92 Å². The van der Waals surface area contributed by atoms with Gasteiger partial charge in [-0.25, -0.2) is 4.73 Å². The molecular weight excluding hydrogens is 402 g/mol. The molecule has 9 heteroatoms. The van der Waals surface area contributed by atoms with Gasteiger partial charge in [-0.1, -0.05) is 12.1 Å². The van der Waals surface area contributed by atoms with Gasteiger partial charge in [0.15, 0.2) is 11.5 Å². The SMILES string of the molecule is CCOc1c(OC)cc(/C=C/c2ccnc(-c3cccc([N+](=O)[O-])c3)[n+]2[O-])cc1OC. The minimum atomic E-state index is -0.519. The number of benzene rings is 2. The van der Waals surface area contributed by atoms with E-state index in [1.54, 1.807) is 36.4 Å². The second-order valence-electron chi connectivity index (χ2n) is 6.32. The predicted octanol–water partition coefficient (Wildman–Crippen LogP) is 3.88. The highest BCUT2D eigenvalue weighted by Crippen LogP contribution is 2.39. The number of rotatable bonds is 8. The van der Waals surface area contributed by atoms with Gasteiger partial charge in [0.2, 0.25) is 5.75 Å². The monoisotopic (exact) mass is 423 g/mol. The molecule has 0 atom stereocenters. The van der Waals surface area contributed by atoms with Gasteiger partial charge >= 0.3 is 5.82 Å². The molecule has 160 valence electrons. The summed E-state index contributed by atoms with van der Waals surface area (Å²) in [6, 6.07) is 10.9. The highest BCUT2D eigenvalue weighted by Gasteiger charge is 2.17. The van der Waals surface area contributed by atoms with Crippen LogP contribution in [-0.2, 0) is 0 Å². The van der Waals surface area contributed by atoms with Crippen LogP contribution in [0, 0.1) is 15.3 Å². The Hall–Kier alpha value is -4.14. The number of non-ortho nitro benzene ring substituents is 1. The van der Waals surface area contributed by atoms with Crippen LogP contribution in [0.5, 0.6) is 17.2 Å². The summed E-state index contributed by atoms with van der Waals surface area (Å²) in [5, 5.41) is 23.8. The Balaban J connectivity index is 1.98. The van der Waals surface area contributed by atoms with Crippen LogP contribution in [0.3, 0.4) is 0 Å². The molecule has 0 N–H and O–H groups in total. The van der Waals surface area contributed by atoms with E-state index in [1.807, 2.05) is 6.92 Å². The molecule has 2 aromatic carbocycles. The summed E-state index contributed by atoms with van der Waals surface area (Å²) in [6.45, 7) is 2.32. The maximum absolute atomic E-state index is 12.8. The minimum Gasteiger partial charge on any atom is -0.710 e. The Labute approximate surface area is 178 Å². The van der Waals surface area contributed by atoms with E-state index >= 15 is 0 Å². The van der Waals surface area contributed by atoms with Crippen LogP contribution in [0.4, 0.5) is 5.69 Å². The van der Waals surface area contributed by atoms with Crippen LogP contribution in [0.1, 0.15) is 18.2 Å². The van der Waals surface area contributed by atoms with E-state index in [1.165, 1.54) is 38.6 Å². The number of methoxy groups -OCH3 is 2. The van der Waals surface area contributed by atoms with Gasteiger partial charge in [-0.2, -0.15) is 0 Å². The van der Waals surface area contributed by atoms with E-state index in [0.717, 1.165) is 5.56 Å². The molecule has 0 radical (unpaired) electrons. The van der Waals surface area contributed by atoms with Gasteiger partial charge in [0.25, 0.3) is 5.69 Å². The standard InChI is InChI=1S/C22H21N3O6/c1-4-31-21-19(29-2)12-15(13-20(21)30-3)8-9-17-10-11-23-22(24(17)26)16-6-5-7-18(14-16)25(27)28/h5-14H,4H2,1-3H3/b9-8+. The molecule has 0 fully saturated rings. The average Bonchev–Trinajstić information content (AvgIpc) is 2.79. The number of hydrogen-bond donors (Lipinski definition) is 0. The number of ether oxygens (including phenoxy) is 3. The van der Waals surface area contributed by atoms with Crippen molar-refractivity contribution < 1.29 is 23.9 Å². The molecular formula is C22H21N3O6. The topological polar surface area (TPSA) is 111 Å². The fraction of sp³-hybridized carbons (Fsp3) is 0.182. The Kier molecular flexibility index (Phi) is 6.66. The minimum absolute atomic E-state index is 0.0627. The van der Waals surface area contributed by atoms with Crippen LogP contribution < -0.4 is 18.9 Å². The van der Waals surface area contributed by atoms with E-state index in [-0.39, 0.29) is 11.5 Å². The van der Waals surface area contributed by atoms with Crippen LogP contribution >= 0.6 is 0 Å². The summed E-state index contributed by atoms with van der Waals surface area (Å²) in [6.07, 6.45) is 4.81. The molecule has 1 heterocycles. The second kappa shape index (κ2) is 9.57. The third-order valence-corrected chi connectivity index (χ3v) is 4.40. The lowest BCUT2D eigenvalue weighted by atomic mass is 10.1. The Morgan fingerprint density at radius 2 is 1.81 bits per heavy atom. The molecule has 31 heavy (non-hydrogen) atoms. The van der Waals surface area contributed by atoms with Gasteiger partial charge in [-0.3, -0.25) is 10.1 Å². The zero-order valence-electron chi connectivity index (χ0n) is 17.3. The highest BCUT2D eigenvalue weighted by molar-refractivity contribution is 5.71. The Bertz CT molecular complexity index is 1100. The summed E-state index contributed by atoms with van der Waals surface area (Å²) in [7, 11) is 3.06. The number of nitro groups is 1. The van der Waals surface area contributed by atoms with Crippen molar-refractivity contribution in [2.75, 3.05) is 20.8 Å². The van der Waals surface area contributed by atoms with Crippen LogP contribution in [-0.4, -0.2) is 30.7 Å². The van der Waals surface area contributed by atoms with Crippen molar-refractivity contribution in [2.24, 2.45) is 0 Å². The molecule has 0 bridgehead atoms. The van der Waals surface area contributed by atoms with Crippen molar-refractivity contribution >= 4 is 17.8 Å². The van der Waals surface area contributed by atoms with Crippen molar-refractivity contribution in [3.8, 4) is 28.6 Å². The lowest BCUT2D eigenvalue weighted by Gasteiger charge is -2.14. The lowest BCUT2D eigenvalue weighted by molar-refractivity contribution is -0.598. The van der Waals surface area contributed by atoms with Gasteiger partial charge in [-0.05, 0) is 41.7 Å². The maximum Gasteiger partial charge on any atom is 0.333 e. The summed E-state index contributed by atoms with van der Waals surface area (Å²) in [4.78, 5) is 14.6. The first-order valence-electron chi connectivity index (χ1n) is 9.38. The molecule has 0 saturated carbocycles. The van der Waals surface area contributed by atoms with Gasteiger partial charge in [-0.15, -0.1) is 0 Å². The molecule has 0 aliphatic heterocycles. The third-order valence-electron chi connectivity index (χ3n) is 4.40. The van der Waals surface area contributed by atoms with Gasteiger partial charge < -0.3 is 19.4 Å². The molecule has 0 amide bonds. The Morgan fingerprint density at radius 1 is 1.10 bits per heavy atom. The van der Waals surface area contributed by atoms with Crippen LogP contribution in [0.15, 0.2) is 48.7 Å². The third kappa shape index (κ3) is 4.72. The largest absolute Gasteiger partial charge is 0.710 e. The number of aromatic nitrogens is 2. The first-order valence-corrected chi connectivity index (χ1v) is 9.38. The predicted molar refractivity (Wildman–Crippen MR) is 115 cm³/mol. The van der Waals surface area contributed by atoms with E-state index in [2.05, 4.69) is 4.98 Å². The van der Waals surface area contributed by atoms with Crippen LogP contribution in [0.2, 0.25) is 0 Å². The fourth-order valence-corrected chi connectivity index (χ4v) is 2.96. The molecule has 0 aliphatic rings. The molecule has 1 aromatic heterocycles. The quantitative estimate of drug-likeness (QED) is 0.234. The maximum atomic E-state index is 12.8. The van der Waals surface area contributed by atoms with Crippen molar-refractivity contribution in [1.82, 2.24) is 4.98 Å². The second-order valence-corrected chi connectivity index (χ2v) is 6.32. The molecule has 9 nitrogen and oxygen atoms in total. The van der Waals surface area contributed by atoms with E-state index in [0.29, 0.717) is 39.8 Å². The molecule has 0 spiro atoms. The zero-order valence-corrected chi connectivity index (χ0v) is 17.3. The lowest BCUT2D eigenvalue weighted by Crippen LogP contribution is -2.33. The number of nitro benzene ring substituents is 1. The summed E-state index contributed by atoms with van der Waals surface area (Å²) in [5.74, 6) is 1.57. The molecule has 3 rings (SSSR count). The summed E-state index contributed by atoms with van der Waals surface area (Å²) in [5.41, 5.74) is 1.27. The fourth-order valence-electron chi connectivity index (χ4n) is 2.96. The number of hydrogen-bond acceptors (Lipinski definition) is 7. The average molecular weight is 423 g/mol. The van der Waals surface area contributed by atoms with Crippen molar-refractivity contribution in [1.29, 1.82) is 0 Å². The van der Waals surface area contributed by atoms with Crippen molar-refractivity contribution in [3.63, 3.8) is 0 Å². The Morgan fingerprint density at radius 3 is 2.42 bits per heavy atom. The summed E-state index contributed by atoms with van der Waals surface area (Å²) >= 11 is 0. The molecule has 0 saturated heterocycles. The summed E-state index contributed by atoms with van der Waals surface area (Å²) < 4.78 is 17.0. The van der Waals surface area contributed by atoms with E-state index in [9.17, 15) is 15.3 Å². The molecule has 0 unspecified atom stereocenters. The van der Waals surface area contributed by atoms with Crippen molar-refractivity contribution in [2.45, 2.75) is 6.92 Å². The van der Waals surface area contributed by atoms with Gasteiger partial charge in [0, 0.05) is 18.2 Å². The molecule has 3 aromatic rings. The van der Waals surface area contributed by atoms with E-state index in [4.69, 9.17) is 14.2 Å². The van der Waals surface area contributed by atoms with Crippen LogP contribution in [0.25, 0.3) is 23.5 Å². The van der Waals surface area contributed by atoms with Gasteiger partial charge in [0.1, 0.15) is 11.9 Å². The smallest absolute Gasteiger partial charge is 0.333 e.